The van der Waals surface area contributed by atoms with Gasteiger partial charge in [0.15, 0.2) is 5.82 Å². The number of halogens is 1. The Kier molecular flexibility index (Phi) is 4.81. The second-order valence-electron chi connectivity index (χ2n) is 6.82. The van der Waals surface area contributed by atoms with Gasteiger partial charge in [0.05, 0.1) is 22.6 Å². The number of carbonyl (C=O) groups excluding carboxylic acids is 1. The van der Waals surface area contributed by atoms with E-state index in [0.29, 0.717) is 5.82 Å². The molecule has 0 saturated carbocycles. The van der Waals surface area contributed by atoms with E-state index in [0.717, 1.165) is 39.4 Å². The van der Waals surface area contributed by atoms with Crippen LogP contribution in [-0.2, 0) is 11.3 Å². The molecule has 0 spiro atoms. The van der Waals surface area contributed by atoms with Gasteiger partial charge >= 0.3 is 0 Å². The zero-order chi connectivity index (χ0) is 19.8. The maximum absolute atomic E-state index is 13.8. The fourth-order valence-electron chi connectivity index (χ4n) is 3.65. The number of nitrogens with one attached hydrogen (secondary N) is 1. The Morgan fingerprint density at radius 1 is 1.28 bits per heavy atom. The van der Waals surface area contributed by atoms with Crippen molar-refractivity contribution >= 4 is 40.0 Å². The topological polar surface area (TPSA) is 59.8 Å². The van der Waals surface area contributed by atoms with Crippen LogP contribution in [0.4, 0.5) is 4.39 Å². The smallest absolute Gasteiger partial charge is 0.240 e. The number of carbonyl (C=O) groups is 1. The molecular formula is C21H17FN4OS2. The van der Waals surface area contributed by atoms with Crippen molar-refractivity contribution in [3.8, 4) is 11.5 Å². The summed E-state index contributed by atoms with van der Waals surface area (Å²) in [7, 11) is 0. The Morgan fingerprint density at radius 2 is 2.17 bits per heavy atom. The quantitative estimate of drug-likeness (QED) is 0.518. The monoisotopic (exact) mass is 424 g/mol. The van der Waals surface area contributed by atoms with E-state index in [2.05, 4.69) is 15.3 Å². The van der Waals surface area contributed by atoms with E-state index in [9.17, 15) is 9.18 Å². The van der Waals surface area contributed by atoms with E-state index in [1.807, 2.05) is 34.2 Å². The SMILES string of the molecule is O=C(Cn1c(-c2cscn2)nc2ccccc21)N[C@@H]1CCSc2ccc(F)cc21. The van der Waals surface area contributed by atoms with Gasteiger partial charge in [0.1, 0.15) is 18.1 Å². The first-order valence-corrected chi connectivity index (χ1v) is 11.2. The Morgan fingerprint density at radius 3 is 3.03 bits per heavy atom. The first kappa shape index (κ1) is 18.3. The molecule has 0 fully saturated rings. The maximum Gasteiger partial charge on any atom is 0.240 e. The number of nitrogens with zero attached hydrogens (tertiary/aromatic N) is 3. The van der Waals surface area contributed by atoms with Crippen molar-refractivity contribution in [2.24, 2.45) is 0 Å². The number of fused-ring (bicyclic) bond motifs is 2. The second kappa shape index (κ2) is 7.61. The lowest BCUT2D eigenvalue weighted by Crippen LogP contribution is -2.33. The lowest BCUT2D eigenvalue weighted by molar-refractivity contribution is -0.122. The fraction of sp³-hybridized carbons (Fsp3) is 0.190. The Bertz CT molecular complexity index is 1190. The third-order valence-corrected chi connectivity index (χ3v) is 6.67. The fourth-order valence-corrected chi connectivity index (χ4v) is 5.29. The molecular weight excluding hydrogens is 407 g/mol. The zero-order valence-electron chi connectivity index (χ0n) is 15.3. The summed E-state index contributed by atoms with van der Waals surface area (Å²) >= 11 is 3.19. The van der Waals surface area contributed by atoms with Crippen LogP contribution in [0, 0.1) is 5.82 Å². The second-order valence-corrected chi connectivity index (χ2v) is 8.68. The molecule has 1 amide bonds. The lowest BCUT2D eigenvalue weighted by Gasteiger charge is -2.26. The van der Waals surface area contributed by atoms with E-state index in [1.165, 1.54) is 23.5 Å². The number of benzene rings is 2. The van der Waals surface area contributed by atoms with Gasteiger partial charge in [-0.2, -0.15) is 0 Å². The first-order chi connectivity index (χ1) is 14.2. The van der Waals surface area contributed by atoms with Crippen LogP contribution in [0.25, 0.3) is 22.6 Å². The standard InChI is InChI=1S/C21H17FN4OS2/c22-13-5-6-19-14(9-13)15(7-8-29-19)24-20(27)10-26-18-4-2-1-3-16(18)25-21(26)17-11-28-12-23-17/h1-6,9,11-12,15H,7-8,10H2,(H,24,27)/t15-/m1/s1. The number of hydrogen-bond donors (Lipinski definition) is 1. The summed E-state index contributed by atoms with van der Waals surface area (Å²) in [6, 6.07) is 12.3. The van der Waals surface area contributed by atoms with Gasteiger partial charge in [-0.05, 0) is 42.3 Å². The van der Waals surface area contributed by atoms with Crippen molar-refractivity contribution in [3.05, 3.63) is 64.7 Å². The van der Waals surface area contributed by atoms with Crippen LogP contribution in [0.5, 0.6) is 0 Å². The average molecular weight is 425 g/mol. The van der Waals surface area contributed by atoms with E-state index < -0.39 is 0 Å². The number of thiazole rings is 1. The van der Waals surface area contributed by atoms with Gasteiger partial charge in [-0.25, -0.2) is 14.4 Å². The molecule has 0 unspecified atom stereocenters. The highest BCUT2D eigenvalue weighted by molar-refractivity contribution is 7.99. The van der Waals surface area contributed by atoms with E-state index in [1.54, 1.807) is 23.3 Å². The summed E-state index contributed by atoms with van der Waals surface area (Å²) in [5.41, 5.74) is 5.07. The summed E-state index contributed by atoms with van der Waals surface area (Å²) in [5, 5.41) is 5.02. The molecule has 0 aliphatic carbocycles. The zero-order valence-corrected chi connectivity index (χ0v) is 17.0. The van der Waals surface area contributed by atoms with Crippen LogP contribution in [0.1, 0.15) is 18.0 Å². The number of hydrogen-bond acceptors (Lipinski definition) is 5. The predicted octanol–water partition coefficient (Wildman–Crippen LogP) is 4.65. The van der Waals surface area contributed by atoms with E-state index in [-0.39, 0.29) is 24.3 Å². The molecule has 0 bridgehead atoms. The first-order valence-electron chi connectivity index (χ1n) is 9.24. The van der Waals surface area contributed by atoms with Crippen molar-refractivity contribution in [2.45, 2.75) is 23.9 Å². The summed E-state index contributed by atoms with van der Waals surface area (Å²) < 4.78 is 15.6. The molecule has 1 aliphatic rings. The highest BCUT2D eigenvalue weighted by Gasteiger charge is 2.24. The molecule has 3 heterocycles. The minimum absolute atomic E-state index is 0.127. The normalized spacial score (nSPS) is 16.0. The average Bonchev–Trinajstić information content (AvgIpc) is 3.37. The highest BCUT2D eigenvalue weighted by Crippen LogP contribution is 2.36. The lowest BCUT2D eigenvalue weighted by atomic mass is 10.0. The molecule has 8 heteroatoms. The van der Waals surface area contributed by atoms with E-state index >= 15 is 0 Å². The van der Waals surface area contributed by atoms with Crippen LogP contribution < -0.4 is 5.32 Å². The van der Waals surface area contributed by atoms with Crippen molar-refractivity contribution in [3.63, 3.8) is 0 Å². The molecule has 1 atom stereocenters. The van der Waals surface area contributed by atoms with Gasteiger partial charge in [-0.3, -0.25) is 4.79 Å². The summed E-state index contributed by atoms with van der Waals surface area (Å²) in [6.07, 6.45) is 0.774. The number of rotatable bonds is 4. The molecule has 4 aromatic rings. The van der Waals surface area contributed by atoms with Crippen molar-refractivity contribution in [1.82, 2.24) is 19.9 Å². The van der Waals surface area contributed by atoms with Crippen molar-refractivity contribution in [2.75, 3.05) is 5.75 Å². The summed E-state index contributed by atoms with van der Waals surface area (Å²) in [6.45, 7) is 0.127. The van der Waals surface area contributed by atoms with Crippen molar-refractivity contribution < 1.29 is 9.18 Å². The molecule has 5 rings (SSSR count). The van der Waals surface area contributed by atoms with Gasteiger partial charge in [0.25, 0.3) is 0 Å². The number of amides is 1. The Labute approximate surface area is 175 Å². The van der Waals surface area contributed by atoms with Gasteiger partial charge in [0.2, 0.25) is 5.91 Å². The number of aromatic nitrogens is 3. The summed E-state index contributed by atoms with van der Waals surface area (Å²) in [5.74, 6) is 1.16. The number of para-hydroxylation sites is 2. The van der Waals surface area contributed by atoms with Gasteiger partial charge in [-0.1, -0.05) is 12.1 Å². The molecule has 2 aromatic carbocycles. The largest absolute Gasteiger partial charge is 0.348 e. The van der Waals surface area contributed by atoms with Crippen LogP contribution in [0.3, 0.4) is 0 Å². The van der Waals surface area contributed by atoms with Crippen LogP contribution >= 0.6 is 23.1 Å². The molecule has 29 heavy (non-hydrogen) atoms. The van der Waals surface area contributed by atoms with Crippen molar-refractivity contribution in [1.29, 1.82) is 0 Å². The molecule has 2 aromatic heterocycles. The predicted molar refractivity (Wildman–Crippen MR) is 113 cm³/mol. The van der Waals surface area contributed by atoms with E-state index in [4.69, 9.17) is 0 Å². The molecule has 0 radical (unpaired) electrons. The highest BCUT2D eigenvalue weighted by atomic mass is 32.2. The van der Waals surface area contributed by atoms with Crippen LogP contribution in [0.15, 0.2) is 58.3 Å². The Hall–Kier alpha value is -2.71. The third-order valence-electron chi connectivity index (χ3n) is 4.96. The third kappa shape index (κ3) is 3.54. The van der Waals surface area contributed by atoms with Gasteiger partial charge in [-0.15, -0.1) is 23.1 Å². The molecule has 0 saturated heterocycles. The Balaban J connectivity index is 1.45. The van der Waals surface area contributed by atoms with Gasteiger partial charge in [0, 0.05) is 16.0 Å². The maximum atomic E-state index is 13.8. The number of thioether (sulfide) groups is 1. The minimum atomic E-state index is -0.281. The van der Waals surface area contributed by atoms with Gasteiger partial charge < -0.3 is 9.88 Å². The molecule has 1 N–H and O–H groups in total. The molecule has 5 nitrogen and oxygen atoms in total. The summed E-state index contributed by atoms with van der Waals surface area (Å²) in [4.78, 5) is 23.0. The number of imidazole rings is 1. The minimum Gasteiger partial charge on any atom is -0.348 e. The molecule has 1 aliphatic heterocycles. The van der Waals surface area contributed by atoms with Crippen LogP contribution in [-0.4, -0.2) is 26.2 Å². The molecule has 146 valence electrons. The van der Waals surface area contributed by atoms with Crippen LogP contribution in [0.2, 0.25) is 0 Å².